The summed E-state index contributed by atoms with van der Waals surface area (Å²) in [5.41, 5.74) is 1.38. The summed E-state index contributed by atoms with van der Waals surface area (Å²) in [6.45, 7) is 4.80. The summed E-state index contributed by atoms with van der Waals surface area (Å²) in [6.07, 6.45) is 0.913. The molecule has 0 fully saturated rings. The van der Waals surface area contributed by atoms with Crippen LogP contribution in [0.5, 0.6) is 5.75 Å². The third-order valence-electron chi connectivity index (χ3n) is 3.90. The minimum Gasteiger partial charge on any atom is -0.493 e. The smallest absolute Gasteiger partial charge is 0.259 e. The molecule has 0 aliphatic carbocycles. The molecule has 2 amide bonds. The van der Waals surface area contributed by atoms with Gasteiger partial charge in [0.2, 0.25) is 0 Å². The van der Waals surface area contributed by atoms with Crippen LogP contribution in [0.15, 0.2) is 48.5 Å². The Morgan fingerprint density at radius 3 is 2.27 bits per heavy atom. The van der Waals surface area contributed by atoms with Gasteiger partial charge in [0.1, 0.15) is 5.75 Å². The summed E-state index contributed by atoms with van der Waals surface area (Å²) >= 11 is 0. The first-order valence-electron chi connectivity index (χ1n) is 8.74. The second-order valence-corrected chi connectivity index (χ2v) is 6.73. The monoisotopic (exact) mass is 354 g/mol. The fourth-order valence-electron chi connectivity index (χ4n) is 2.39. The van der Waals surface area contributed by atoms with Crippen molar-refractivity contribution in [3.63, 3.8) is 0 Å². The lowest BCUT2D eigenvalue weighted by Crippen LogP contribution is -2.24. The van der Waals surface area contributed by atoms with Crippen LogP contribution < -0.4 is 10.1 Å². The Kier molecular flexibility index (Phi) is 6.78. The van der Waals surface area contributed by atoms with Crippen molar-refractivity contribution in [1.82, 2.24) is 4.90 Å². The highest BCUT2D eigenvalue weighted by molar-refractivity contribution is 6.10. The predicted molar refractivity (Wildman–Crippen MR) is 104 cm³/mol. The fourth-order valence-corrected chi connectivity index (χ4v) is 2.39. The van der Waals surface area contributed by atoms with E-state index in [-0.39, 0.29) is 11.8 Å². The molecule has 0 aliphatic heterocycles. The molecule has 1 N–H and O–H groups in total. The number of hydrogen-bond donors (Lipinski definition) is 1. The first kappa shape index (κ1) is 19.5. The van der Waals surface area contributed by atoms with Gasteiger partial charge in [0.05, 0.1) is 23.4 Å². The number of para-hydroxylation sites is 2. The van der Waals surface area contributed by atoms with Crippen LogP contribution in [0.25, 0.3) is 0 Å². The van der Waals surface area contributed by atoms with Crippen LogP contribution >= 0.6 is 0 Å². The van der Waals surface area contributed by atoms with Gasteiger partial charge in [-0.2, -0.15) is 0 Å². The maximum atomic E-state index is 12.8. The van der Waals surface area contributed by atoms with Gasteiger partial charge >= 0.3 is 0 Å². The number of carbonyl (C=O) groups excluding carboxylic acids is 2. The van der Waals surface area contributed by atoms with E-state index in [1.807, 2.05) is 6.07 Å². The molecule has 0 aliphatic rings. The van der Waals surface area contributed by atoms with Crippen molar-refractivity contribution in [3.8, 4) is 5.75 Å². The van der Waals surface area contributed by atoms with E-state index in [1.54, 1.807) is 56.6 Å². The summed E-state index contributed by atoms with van der Waals surface area (Å²) in [4.78, 5) is 26.5. The first-order valence-corrected chi connectivity index (χ1v) is 8.74. The van der Waals surface area contributed by atoms with Gasteiger partial charge in [-0.05, 0) is 36.6 Å². The fraction of sp³-hybridized carbons (Fsp3) is 0.333. The summed E-state index contributed by atoms with van der Waals surface area (Å²) in [7, 11) is 3.36. The second kappa shape index (κ2) is 9.04. The van der Waals surface area contributed by atoms with Crippen LogP contribution in [0.4, 0.5) is 5.69 Å². The topological polar surface area (TPSA) is 58.6 Å². The minimum absolute atomic E-state index is 0.164. The SMILES string of the molecule is CC(C)CCOc1ccccc1C(=O)Nc1ccccc1C(=O)N(C)C. The molecule has 0 saturated heterocycles. The Morgan fingerprint density at radius 2 is 1.62 bits per heavy atom. The zero-order valence-corrected chi connectivity index (χ0v) is 15.8. The molecule has 0 saturated carbocycles. The lowest BCUT2D eigenvalue weighted by molar-refractivity contribution is 0.0828. The van der Waals surface area contributed by atoms with Crippen LogP contribution in [0, 0.1) is 5.92 Å². The third kappa shape index (κ3) is 5.09. The van der Waals surface area contributed by atoms with Gasteiger partial charge < -0.3 is 15.0 Å². The van der Waals surface area contributed by atoms with Crippen LogP contribution in [0.2, 0.25) is 0 Å². The Hall–Kier alpha value is -2.82. The Morgan fingerprint density at radius 1 is 1.00 bits per heavy atom. The van der Waals surface area contributed by atoms with Crippen molar-refractivity contribution in [2.24, 2.45) is 5.92 Å². The maximum absolute atomic E-state index is 12.8. The van der Waals surface area contributed by atoms with Crippen LogP contribution in [0.3, 0.4) is 0 Å². The molecule has 0 aromatic heterocycles. The number of rotatable bonds is 7. The molecular formula is C21H26N2O3. The second-order valence-electron chi connectivity index (χ2n) is 6.73. The number of anilines is 1. The lowest BCUT2D eigenvalue weighted by atomic mass is 10.1. The van der Waals surface area contributed by atoms with E-state index < -0.39 is 0 Å². The third-order valence-corrected chi connectivity index (χ3v) is 3.90. The molecular weight excluding hydrogens is 328 g/mol. The Bertz CT molecular complexity index is 769. The molecule has 0 atom stereocenters. The normalized spacial score (nSPS) is 10.5. The number of benzene rings is 2. The highest BCUT2D eigenvalue weighted by Crippen LogP contribution is 2.22. The van der Waals surface area contributed by atoms with E-state index in [1.165, 1.54) is 4.90 Å². The van der Waals surface area contributed by atoms with Crippen molar-refractivity contribution in [2.75, 3.05) is 26.0 Å². The molecule has 138 valence electrons. The predicted octanol–water partition coefficient (Wildman–Crippen LogP) is 4.07. The average Bonchev–Trinajstić information content (AvgIpc) is 2.61. The van der Waals surface area contributed by atoms with E-state index >= 15 is 0 Å². The lowest BCUT2D eigenvalue weighted by Gasteiger charge is -2.16. The van der Waals surface area contributed by atoms with Crippen molar-refractivity contribution in [1.29, 1.82) is 0 Å². The molecule has 0 bridgehead atoms. The van der Waals surface area contributed by atoms with Crippen molar-refractivity contribution in [2.45, 2.75) is 20.3 Å². The molecule has 2 aromatic rings. The largest absolute Gasteiger partial charge is 0.493 e. The van der Waals surface area contributed by atoms with Crippen LogP contribution in [-0.4, -0.2) is 37.4 Å². The Labute approximate surface area is 155 Å². The van der Waals surface area contributed by atoms with Crippen LogP contribution in [-0.2, 0) is 0 Å². The molecule has 0 radical (unpaired) electrons. The maximum Gasteiger partial charge on any atom is 0.259 e. The summed E-state index contributed by atoms with van der Waals surface area (Å²) in [5, 5.41) is 2.84. The molecule has 2 aromatic carbocycles. The van der Waals surface area contributed by atoms with Gasteiger partial charge in [0.15, 0.2) is 0 Å². The van der Waals surface area contributed by atoms with Gasteiger partial charge in [0, 0.05) is 14.1 Å². The zero-order chi connectivity index (χ0) is 19.1. The number of amides is 2. The molecule has 26 heavy (non-hydrogen) atoms. The highest BCUT2D eigenvalue weighted by Gasteiger charge is 2.17. The molecule has 0 spiro atoms. The summed E-state index contributed by atoms with van der Waals surface area (Å²) < 4.78 is 5.79. The van der Waals surface area contributed by atoms with Crippen LogP contribution in [0.1, 0.15) is 41.0 Å². The van der Waals surface area contributed by atoms with E-state index in [4.69, 9.17) is 4.74 Å². The zero-order valence-electron chi connectivity index (χ0n) is 15.8. The first-order chi connectivity index (χ1) is 12.4. The van der Waals surface area contributed by atoms with Gasteiger partial charge in [-0.15, -0.1) is 0 Å². The van der Waals surface area contributed by atoms with Gasteiger partial charge in [0.25, 0.3) is 11.8 Å². The molecule has 0 heterocycles. The van der Waals surface area contributed by atoms with Gasteiger partial charge in [-0.1, -0.05) is 38.1 Å². The minimum atomic E-state index is -0.302. The van der Waals surface area contributed by atoms with E-state index in [0.29, 0.717) is 35.1 Å². The summed E-state index contributed by atoms with van der Waals surface area (Å²) in [5.74, 6) is 0.605. The van der Waals surface area contributed by atoms with Gasteiger partial charge in [-0.25, -0.2) is 0 Å². The molecule has 2 rings (SSSR count). The average molecular weight is 354 g/mol. The number of ether oxygens (including phenoxy) is 1. The van der Waals surface area contributed by atoms with Crippen molar-refractivity contribution < 1.29 is 14.3 Å². The number of hydrogen-bond acceptors (Lipinski definition) is 3. The van der Waals surface area contributed by atoms with Gasteiger partial charge in [-0.3, -0.25) is 9.59 Å². The standard InChI is InChI=1S/C21H26N2O3/c1-15(2)13-14-26-19-12-8-6-10-17(19)20(24)22-18-11-7-5-9-16(18)21(25)23(3)4/h5-12,15H,13-14H2,1-4H3,(H,22,24). The molecule has 5 nitrogen and oxygen atoms in total. The molecule has 0 unspecified atom stereocenters. The summed E-state index contributed by atoms with van der Waals surface area (Å²) in [6, 6.07) is 14.1. The van der Waals surface area contributed by atoms with E-state index in [0.717, 1.165) is 6.42 Å². The number of carbonyl (C=O) groups is 2. The van der Waals surface area contributed by atoms with Crippen molar-refractivity contribution >= 4 is 17.5 Å². The quantitative estimate of drug-likeness (QED) is 0.815. The number of nitrogens with one attached hydrogen (secondary N) is 1. The Balaban J connectivity index is 2.20. The van der Waals surface area contributed by atoms with E-state index in [9.17, 15) is 9.59 Å². The highest BCUT2D eigenvalue weighted by atomic mass is 16.5. The van der Waals surface area contributed by atoms with Crippen molar-refractivity contribution in [3.05, 3.63) is 59.7 Å². The van der Waals surface area contributed by atoms with E-state index in [2.05, 4.69) is 19.2 Å². The number of nitrogens with zero attached hydrogens (tertiary/aromatic N) is 1. The molecule has 5 heteroatoms.